The van der Waals surface area contributed by atoms with Gasteiger partial charge in [-0.25, -0.2) is 24.0 Å². The van der Waals surface area contributed by atoms with Crippen molar-refractivity contribution in [1.29, 1.82) is 0 Å². The third-order valence-electron chi connectivity index (χ3n) is 3.82. The summed E-state index contributed by atoms with van der Waals surface area (Å²) in [6.45, 7) is 0.190. The number of nitrogens with zero attached hydrogens (tertiary/aromatic N) is 7. The molecular weight excluding hydrogens is 349 g/mol. The van der Waals surface area contributed by atoms with Crippen LogP contribution in [0.3, 0.4) is 0 Å². The SMILES string of the molecule is COc1cnc(-c2nc(-c3cccnn3)n(Cc3ccccc3F)n2)cn1. The summed E-state index contributed by atoms with van der Waals surface area (Å²) < 4.78 is 20.7. The van der Waals surface area contributed by atoms with Crippen molar-refractivity contribution in [3.63, 3.8) is 0 Å². The first-order valence-electron chi connectivity index (χ1n) is 8.07. The lowest BCUT2D eigenvalue weighted by atomic mass is 10.2. The molecule has 0 aliphatic carbocycles. The first-order chi connectivity index (χ1) is 13.2. The minimum Gasteiger partial charge on any atom is -0.480 e. The van der Waals surface area contributed by atoms with Gasteiger partial charge in [-0.05, 0) is 18.2 Å². The Labute approximate surface area is 153 Å². The number of ether oxygens (including phenoxy) is 1. The molecule has 0 aliphatic rings. The number of benzene rings is 1. The topological polar surface area (TPSA) is 91.5 Å². The minimum absolute atomic E-state index is 0.190. The van der Waals surface area contributed by atoms with E-state index in [1.165, 1.54) is 25.6 Å². The number of halogens is 1. The summed E-state index contributed by atoms with van der Waals surface area (Å²) in [5, 5.41) is 12.4. The van der Waals surface area contributed by atoms with E-state index < -0.39 is 0 Å². The summed E-state index contributed by atoms with van der Waals surface area (Å²) >= 11 is 0. The van der Waals surface area contributed by atoms with E-state index in [1.807, 2.05) is 0 Å². The Morgan fingerprint density at radius 1 is 1.04 bits per heavy atom. The highest BCUT2D eigenvalue weighted by Crippen LogP contribution is 2.21. The summed E-state index contributed by atoms with van der Waals surface area (Å²) in [6.07, 6.45) is 4.56. The molecule has 0 amide bonds. The quantitative estimate of drug-likeness (QED) is 0.537. The summed E-state index contributed by atoms with van der Waals surface area (Å²) in [6, 6.07) is 10.0. The first-order valence-corrected chi connectivity index (χ1v) is 8.07. The van der Waals surface area contributed by atoms with Crippen LogP contribution in [0, 0.1) is 5.82 Å². The van der Waals surface area contributed by atoms with Crippen molar-refractivity contribution in [2.75, 3.05) is 7.11 Å². The van der Waals surface area contributed by atoms with Gasteiger partial charge in [0.2, 0.25) is 11.7 Å². The molecule has 0 spiro atoms. The smallest absolute Gasteiger partial charge is 0.232 e. The highest BCUT2D eigenvalue weighted by molar-refractivity contribution is 5.55. The molecule has 0 N–H and O–H groups in total. The van der Waals surface area contributed by atoms with Gasteiger partial charge in [-0.3, -0.25) is 0 Å². The molecule has 0 atom stereocenters. The standard InChI is InChI=1S/C18H14FN7O/c1-27-16-10-20-15(9-21-16)17-23-18(14-7-4-8-22-24-14)26(25-17)11-12-5-2-3-6-13(12)19/h2-10H,11H2,1H3. The minimum atomic E-state index is -0.316. The lowest BCUT2D eigenvalue weighted by molar-refractivity contribution is 0.396. The largest absolute Gasteiger partial charge is 0.480 e. The van der Waals surface area contributed by atoms with Gasteiger partial charge in [-0.2, -0.15) is 5.10 Å². The third kappa shape index (κ3) is 3.47. The summed E-state index contributed by atoms with van der Waals surface area (Å²) in [4.78, 5) is 12.9. The van der Waals surface area contributed by atoms with Crippen LogP contribution in [0.2, 0.25) is 0 Å². The van der Waals surface area contributed by atoms with Crippen molar-refractivity contribution >= 4 is 0 Å². The van der Waals surface area contributed by atoms with E-state index in [1.54, 1.807) is 41.2 Å². The molecule has 0 bridgehead atoms. The summed E-state index contributed by atoms with van der Waals surface area (Å²) in [5.41, 5.74) is 1.47. The third-order valence-corrected chi connectivity index (χ3v) is 3.82. The number of hydrogen-bond donors (Lipinski definition) is 0. The van der Waals surface area contributed by atoms with Crippen LogP contribution < -0.4 is 4.74 Å². The van der Waals surface area contributed by atoms with Gasteiger partial charge < -0.3 is 4.74 Å². The highest BCUT2D eigenvalue weighted by Gasteiger charge is 2.17. The second-order valence-corrected chi connectivity index (χ2v) is 5.56. The predicted octanol–water partition coefficient (Wildman–Crippen LogP) is 2.39. The lowest BCUT2D eigenvalue weighted by Crippen LogP contribution is -2.07. The molecular formula is C18H14FN7O. The van der Waals surface area contributed by atoms with Crippen molar-refractivity contribution in [2.45, 2.75) is 6.54 Å². The highest BCUT2D eigenvalue weighted by atomic mass is 19.1. The molecule has 0 aliphatic heterocycles. The van der Waals surface area contributed by atoms with Crippen LogP contribution in [-0.4, -0.2) is 42.0 Å². The molecule has 0 unspecified atom stereocenters. The summed E-state index contributed by atoms with van der Waals surface area (Å²) in [5.74, 6) is 0.878. The average Bonchev–Trinajstić information content (AvgIpc) is 3.14. The average molecular weight is 363 g/mol. The van der Waals surface area contributed by atoms with Gasteiger partial charge in [0.05, 0.1) is 26.0 Å². The number of methoxy groups -OCH3 is 1. The molecule has 3 aromatic heterocycles. The van der Waals surface area contributed by atoms with Gasteiger partial charge in [0.15, 0.2) is 5.82 Å². The van der Waals surface area contributed by atoms with Gasteiger partial charge in [0, 0.05) is 11.8 Å². The zero-order chi connectivity index (χ0) is 18.6. The van der Waals surface area contributed by atoms with Crippen LogP contribution in [0.25, 0.3) is 23.0 Å². The molecule has 134 valence electrons. The zero-order valence-electron chi connectivity index (χ0n) is 14.3. The molecule has 9 heteroatoms. The van der Waals surface area contributed by atoms with Gasteiger partial charge in [-0.15, -0.1) is 10.2 Å². The van der Waals surface area contributed by atoms with Crippen LogP contribution in [-0.2, 0) is 6.54 Å². The molecule has 8 nitrogen and oxygen atoms in total. The molecule has 3 heterocycles. The lowest BCUT2D eigenvalue weighted by Gasteiger charge is -2.06. The van der Waals surface area contributed by atoms with Crippen molar-refractivity contribution in [3.8, 4) is 28.9 Å². The number of rotatable bonds is 5. The molecule has 4 aromatic rings. The van der Waals surface area contributed by atoms with Crippen LogP contribution in [0.4, 0.5) is 4.39 Å². The van der Waals surface area contributed by atoms with Gasteiger partial charge in [0.1, 0.15) is 17.2 Å². The van der Waals surface area contributed by atoms with Crippen molar-refractivity contribution in [2.24, 2.45) is 0 Å². The molecule has 0 saturated carbocycles. The van der Waals surface area contributed by atoms with Crippen LogP contribution in [0.15, 0.2) is 55.0 Å². The molecule has 0 saturated heterocycles. The van der Waals surface area contributed by atoms with Crippen molar-refractivity contribution in [1.82, 2.24) is 34.9 Å². The van der Waals surface area contributed by atoms with E-state index in [9.17, 15) is 4.39 Å². The van der Waals surface area contributed by atoms with E-state index >= 15 is 0 Å². The maximum atomic E-state index is 14.1. The molecule has 0 fully saturated rings. The van der Waals surface area contributed by atoms with Gasteiger partial charge in [0.25, 0.3) is 0 Å². The van der Waals surface area contributed by atoms with Crippen LogP contribution in [0.1, 0.15) is 5.56 Å². The molecule has 0 radical (unpaired) electrons. The number of aromatic nitrogens is 7. The maximum absolute atomic E-state index is 14.1. The Morgan fingerprint density at radius 2 is 1.93 bits per heavy atom. The Bertz CT molecular complexity index is 1050. The Morgan fingerprint density at radius 3 is 2.63 bits per heavy atom. The van der Waals surface area contributed by atoms with Crippen molar-refractivity contribution < 1.29 is 9.13 Å². The van der Waals surface area contributed by atoms with Gasteiger partial charge >= 0.3 is 0 Å². The first kappa shape index (κ1) is 16.7. The van der Waals surface area contributed by atoms with Crippen LogP contribution >= 0.6 is 0 Å². The Balaban J connectivity index is 1.78. The Hall–Kier alpha value is -3.75. The Kier molecular flexibility index (Phi) is 4.48. The summed E-state index contributed by atoms with van der Waals surface area (Å²) in [7, 11) is 1.51. The molecule has 1 aromatic carbocycles. The number of hydrogen-bond acceptors (Lipinski definition) is 7. The van der Waals surface area contributed by atoms with Crippen LogP contribution in [0.5, 0.6) is 5.88 Å². The molecule has 27 heavy (non-hydrogen) atoms. The van der Waals surface area contributed by atoms with E-state index in [0.717, 1.165) is 0 Å². The van der Waals surface area contributed by atoms with E-state index in [4.69, 9.17) is 4.74 Å². The van der Waals surface area contributed by atoms with E-state index in [0.29, 0.717) is 34.5 Å². The van der Waals surface area contributed by atoms with Crippen molar-refractivity contribution in [3.05, 3.63) is 66.4 Å². The molecule has 4 rings (SSSR count). The second-order valence-electron chi connectivity index (χ2n) is 5.56. The monoisotopic (exact) mass is 363 g/mol. The maximum Gasteiger partial charge on any atom is 0.232 e. The fourth-order valence-corrected chi connectivity index (χ4v) is 2.50. The fraction of sp³-hybridized carbons (Fsp3) is 0.111. The predicted molar refractivity (Wildman–Crippen MR) is 94.1 cm³/mol. The fourth-order valence-electron chi connectivity index (χ4n) is 2.50. The zero-order valence-corrected chi connectivity index (χ0v) is 14.3. The van der Waals surface area contributed by atoms with E-state index in [2.05, 4.69) is 30.2 Å². The van der Waals surface area contributed by atoms with E-state index in [-0.39, 0.29) is 12.4 Å². The normalized spacial score (nSPS) is 10.7. The second kappa shape index (κ2) is 7.24. The van der Waals surface area contributed by atoms with Gasteiger partial charge in [-0.1, -0.05) is 18.2 Å².